The number of nitrogens with one attached hydrogen (secondary N) is 2. The summed E-state index contributed by atoms with van der Waals surface area (Å²) >= 11 is 0. The maximum absolute atomic E-state index is 13.8. The normalized spacial score (nSPS) is 17.2. The summed E-state index contributed by atoms with van der Waals surface area (Å²) in [5.74, 6) is -3.15. The van der Waals surface area contributed by atoms with E-state index in [1.165, 1.54) is 17.4 Å². The van der Waals surface area contributed by atoms with Crippen LogP contribution in [-0.2, 0) is 27.2 Å². The Hall–Kier alpha value is -3.75. The molecule has 33 heavy (non-hydrogen) atoms. The highest BCUT2D eigenvalue weighted by molar-refractivity contribution is 6.12. The predicted octanol–water partition coefficient (Wildman–Crippen LogP) is 1.57. The Morgan fingerprint density at radius 2 is 1.73 bits per heavy atom. The summed E-state index contributed by atoms with van der Waals surface area (Å²) in [4.78, 5) is 40.2. The Kier molecular flexibility index (Phi) is 6.39. The number of nitrogens with zero attached hydrogens (tertiary/aromatic N) is 1. The van der Waals surface area contributed by atoms with Crippen LogP contribution >= 0.6 is 0 Å². The third kappa shape index (κ3) is 4.18. The second kappa shape index (κ2) is 9.40. The molecule has 1 aliphatic rings. The highest BCUT2D eigenvalue weighted by atomic mass is 16.5. The minimum atomic E-state index is -1.77. The molecular formula is C25H25N3O5. The number of carbonyl (C=O) groups is 3. The molecule has 8 heteroatoms. The fraction of sp³-hybridized carbons (Fsp3) is 0.240. The number of hydrogen-bond acceptors (Lipinski definition) is 5. The molecule has 0 fully saturated rings. The van der Waals surface area contributed by atoms with Gasteiger partial charge in [0.1, 0.15) is 12.1 Å². The number of anilines is 1. The molecule has 3 atom stereocenters. The topological polar surface area (TPSA) is 119 Å². The van der Waals surface area contributed by atoms with Crippen molar-refractivity contribution in [2.45, 2.75) is 25.0 Å². The zero-order valence-corrected chi connectivity index (χ0v) is 18.1. The third-order valence-corrected chi connectivity index (χ3v) is 6.11. The number of fused-ring (bicyclic) bond motifs is 3. The number of hydroxylamine groups is 1. The van der Waals surface area contributed by atoms with Crippen molar-refractivity contribution >= 4 is 34.2 Å². The minimum Gasteiger partial charge on any atom is -0.382 e. The molecule has 4 N–H and O–H groups in total. The first-order chi connectivity index (χ1) is 16.0. The zero-order valence-electron chi connectivity index (χ0n) is 18.1. The van der Waals surface area contributed by atoms with Crippen molar-refractivity contribution in [2.75, 3.05) is 11.9 Å². The van der Waals surface area contributed by atoms with E-state index in [2.05, 4.69) is 5.32 Å². The number of amides is 3. The first kappa shape index (κ1) is 22.4. The van der Waals surface area contributed by atoms with Crippen LogP contribution in [0.2, 0.25) is 0 Å². The molecular weight excluding hydrogens is 422 g/mol. The summed E-state index contributed by atoms with van der Waals surface area (Å²) in [6, 6.07) is 19.7. The summed E-state index contributed by atoms with van der Waals surface area (Å²) in [6.07, 6.45) is -1.44. The van der Waals surface area contributed by atoms with Crippen LogP contribution in [0.1, 0.15) is 11.1 Å². The van der Waals surface area contributed by atoms with Gasteiger partial charge in [-0.15, -0.1) is 0 Å². The molecule has 0 spiro atoms. The van der Waals surface area contributed by atoms with Gasteiger partial charge in [-0.25, -0.2) is 5.48 Å². The van der Waals surface area contributed by atoms with Crippen molar-refractivity contribution in [3.05, 3.63) is 77.9 Å². The van der Waals surface area contributed by atoms with E-state index in [4.69, 9.17) is 5.21 Å². The first-order valence-electron chi connectivity index (χ1n) is 10.7. The van der Waals surface area contributed by atoms with Gasteiger partial charge in [-0.1, -0.05) is 66.7 Å². The lowest BCUT2D eigenvalue weighted by atomic mass is 9.84. The Morgan fingerprint density at radius 3 is 2.42 bits per heavy atom. The maximum Gasteiger partial charge on any atom is 0.272 e. The highest BCUT2D eigenvalue weighted by Gasteiger charge is 2.44. The van der Waals surface area contributed by atoms with Gasteiger partial charge in [0.05, 0.1) is 11.6 Å². The lowest BCUT2D eigenvalue weighted by molar-refractivity contribution is -0.145. The number of hydrogen-bond donors (Lipinski definition) is 4. The number of benzene rings is 3. The molecule has 0 saturated carbocycles. The lowest BCUT2D eigenvalue weighted by Gasteiger charge is -2.40. The van der Waals surface area contributed by atoms with E-state index in [1.54, 1.807) is 0 Å². The average Bonchev–Trinajstić information content (AvgIpc) is 2.86. The number of aliphatic hydroxyl groups excluding tert-OH is 1. The summed E-state index contributed by atoms with van der Waals surface area (Å²) in [5.41, 5.74) is 3.59. The van der Waals surface area contributed by atoms with Gasteiger partial charge >= 0.3 is 0 Å². The van der Waals surface area contributed by atoms with E-state index < -0.39 is 29.9 Å². The van der Waals surface area contributed by atoms with Crippen molar-refractivity contribution in [2.24, 2.45) is 5.92 Å². The average molecular weight is 447 g/mol. The number of likely N-dealkylation sites (N-methyl/N-ethyl adjacent to an activating group) is 1. The summed E-state index contributed by atoms with van der Waals surface area (Å²) in [5, 5.41) is 23.9. The van der Waals surface area contributed by atoms with E-state index >= 15 is 0 Å². The largest absolute Gasteiger partial charge is 0.382 e. The summed E-state index contributed by atoms with van der Waals surface area (Å²) < 4.78 is 0. The SMILES string of the molecule is CNC(=O)[C@H](Cc1ccccc1)N1C(=O)[C@@H]([C@H](O)C(=O)NO)Cc2ccc3ccccc3c21. The van der Waals surface area contributed by atoms with Crippen LogP contribution in [0.25, 0.3) is 10.8 Å². The molecule has 0 radical (unpaired) electrons. The quantitative estimate of drug-likeness (QED) is 0.338. The van der Waals surface area contributed by atoms with Gasteiger partial charge < -0.3 is 10.4 Å². The second-order valence-electron chi connectivity index (χ2n) is 8.05. The van der Waals surface area contributed by atoms with Gasteiger partial charge in [0.15, 0.2) is 0 Å². The van der Waals surface area contributed by atoms with Crippen molar-refractivity contribution in [3.63, 3.8) is 0 Å². The molecule has 170 valence electrons. The van der Waals surface area contributed by atoms with Crippen LogP contribution in [0, 0.1) is 5.92 Å². The Morgan fingerprint density at radius 1 is 1.03 bits per heavy atom. The van der Waals surface area contributed by atoms with Gasteiger partial charge in [0.25, 0.3) is 5.91 Å². The molecule has 0 aromatic heterocycles. The number of aliphatic hydroxyl groups is 1. The van der Waals surface area contributed by atoms with Crippen LogP contribution in [-0.4, -0.2) is 47.2 Å². The van der Waals surface area contributed by atoms with E-state index in [0.29, 0.717) is 5.69 Å². The third-order valence-electron chi connectivity index (χ3n) is 6.11. The highest BCUT2D eigenvalue weighted by Crippen LogP contribution is 2.39. The van der Waals surface area contributed by atoms with E-state index in [0.717, 1.165) is 21.9 Å². The van der Waals surface area contributed by atoms with Crippen LogP contribution < -0.4 is 15.7 Å². The predicted molar refractivity (Wildman–Crippen MR) is 123 cm³/mol. The molecule has 3 amide bonds. The molecule has 0 unspecified atom stereocenters. The van der Waals surface area contributed by atoms with Crippen molar-refractivity contribution in [1.82, 2.24) is 10.8 Å². The van der Waals surface area contributed by atoms with E-state index in [-0.39, 0.29) is 18.7 Å². The number of carbonyl (C=O) groups excluding carboxylic acids is 3. The molecule has 0 aliphatic carbocycles. The Bertz CT molecular complexity index is 1200. The molecule has 0 saturated heterocycles. The molecule has 3 aromatic carbocycles. The zero-order chi connectivity index (χ0) is 23.5. The standard InChI is InChI=1S/C25H25N3O5/c1-26-23(30)20(13-15-7-3-2-4-8-15)28-21-17(12-11-16-9-5-6-10-18(16)21)14-19(25(28)32)22(29)24(31)27-33/h2-12,19-20,22,29,33H,13-14H2,1H3,(H,26,30)(H,27,31)/t19-,20+,22+/m1/s1. The molecule has 3 aromatic rings. The first-order valence-corrected chi connectivity index (χ1v) is 10.7. The van der Waals surface area contributed by atoms with Crippen molar-refractivity contribution < 1.29 is 24.7 Å². The Balaban J connectivity index is 1.90. The Labute approximate surface area is 190 Å². The fourth-order valence-corrected chi connectivity index (χ4v) is 4.47. The molecule has 4 rings (SSSR count). The summed E-state index contributed by atoms with van der Waals surface area (Å²) in [6.45, 7) is 0. The van der Waals surface area contributed by atoms with Gasteiger partial charge in [-0.3, -0.25) is 24.5 Å². The van der Waals surface area contributed by atoms with Crippen molar-refractivity contribution in [3.8, 4) is 0 Å². The van der Waals surface area contributed by atoms with Crippen molar-refractivity contribution in [1.29, 1.82) is 0 Å². The smallest absolute Gasteiger partial charge is 0.272 e. The molecule has 0 bridgehead atoms. The van der Waals surface area contributed by atoms with Gasteiger partial charge in [-0.2, -0.15) is 0 Å². The van der Waals surface area contributed by atoms with Gasteiger partial charge in [0.2, 0.25) is 11.8 Å². The van der Waals surface area contributed by atoms with Crippen LogP contribution in [0.15, 0.2) is 66.7 Å². The summed E-state index contributed by atoms with van der Waals surface area (Å²) in [7, 11) is 1.50. The van der Waals surface area contributed by atoms with Crippen LogP contribution in [0.5, 0.6) is 0 Å². The second-order valence-corrected chi connectivity index (χ2v) is 8.05. The van der Waals surface area contributed by atoms with Gasteiger partial charge in [-0.05, 0) is 22.9 Å². The lowest BCUT2D eigenvalue weighted by Crippen LogP contribution is -2.57. The molecule has 8 nitrogen and oxygen atoms in total. The number of rotatable bonds is 6. The van der Waals surface area contributed by atoms with Gasteiger partial charge in [0, 0.05) is 18.9 Å². The monoisotopic (exact) mass is 447 g/mol. The molecule has 1 aliphatic heterocycles. The molecule has 1 heterocycles. The fourth-order valence-electron chi connectivity index (χ4n) is 4.47. The van der Waals surface area contributed by atoms with Crippen LogP contribution in [0.3, 0.4) is 0 Å². The van der Waals surface area contributed by atoms with E-state index in [1.807, 2.05) is 66.7 Å². The minimum absolute atomic E-state index is 0.0931. The van der Waals surface area contributed by atoms with E-state index in [9.17, 15) is 19.5 Å². The maximum atomic E-state index is 13.8. The van der Waals surface area contributed by atoms with Crippen LogP contribution in [0.4, 0.5) is 5.69 Å².